The van der Waals surface area contributed by atoms with Crippen molar-refractivity contribution in [2.75, 3.05) is 4.90 Å². The van der Waals surface area contributed by atoms with Crippen LogP contribution in [0, 0.1) is 6.92 Å². The molecule has 0 unspecified atom stereocenters. The molecule has 1 aliphatic heterocycles. The number of rotatable bonds is 4. The van der Waals surface area contributed by atoms with Crippen LogP contribution in [0.2, 0.25) is 5.02 Å². The Morgan fingerprint density at radius 1 is 1.00 bits per heavy atom. The Morgan fingerprint density at radius 3 is 2.11 bits per heavy atom. The molecule has 0 fully saturated rings. The monoisotopic (exact) mass is 409 g/mol. The van der Waals surface area contributed by atoms with Gasteiger partial charge in [-0.05, 0) is 55.3 Å². The molecule has 4 nitrogen and oxygen atoms in total. The van der Waals surface area contributed by atoms with Crippen molar-refractivity contribution < 1.29 is 14.4 Å². The number of carbonyl (C=O) groups is 3. The van der Waals surface area contributed by atoms with E-state index in [1.807, 2.05) is 13.8 Å². The summed E-state index contributed by atoms with van der Waals surface area (Å²) in [5, 5.41) is 0.925. The van der Waals surface area contributed by atoms with E-state index in [1.54, 1.807) is 48.5 Å². The summed E-state index contributed by atoms with van der Waals surface area (Å²) in [6.45, 7) is 3.85. The van der Waals surface area contributed by atoms with Gasteiger partial charge in [-0.15, -0.1) is 11.3 Å². The minimum atomic E-state index is -0.394. The number of ketones is 1. The molecule has 0 aliphatic carbocycles. The summed E-state index contributed by atoms with van der Waals surface area (Å²) in [4.78, 5) is 41.3. The first kappa shape index (κ1) is 18.6. The Morgan fingerprint density at radius 2 is 1.57 bits per heavy atom. The molecule has 2 heterocycles. The van der Waals surface area contributed by atoms with E-state index in [-0.39, 0.29) is 5.78 Å². The lowest BCUT2D eigenvalue weighted by molar-refractivity contribution is 0.0927. The quantitative estimate of drug-likeness (QED) is 0.433. The van der Waals surface area contributed by atoms with E-state index in [0.29, 0.717) is 38.7 Å². The number of fused-ring (bicyclic) bond motifs is 1. The molecular formula is C22H16ClNO3S. The second kappa shape index (κ2) is 7.00. The molecule has 1 aromatic heterocycles. The van der Waals surface area contributed by atoms with Crippen LogP contribution in [0.1, 0.15) is 54.0 Å². The third-order valence-electron chi connectivity index (χ3n) is 4.88. The van der Waals surface area contributed by atoms with Gasteiger partial charge in [0.1, 0.15) is 5.00 Å². The Kier molecular flexibility index (Phi) is 4.65. The number of aryl methyl sites for hydroxylation is 1. The molecule has 0 atom stereocenters. The predicted molar refractivity (Wildman–Crippen MR) is 111 cm³/mol. The zero-order valence-corrected chi connectivity index (χ0v) is 16.9. The van der Waals surface area contributed by atoms with Crippen molar-refractivity contribution in [3.8, 4) is 0 Å². The summed E-state index contributed by atoms with van der Waals surface area (Å²) in [5.41, 5.74) is 2.39. The van der Waals surface area contributed by atoms with Crippen molar-refractivity contribution in [3.63, 3.8) is 0 Å². The number of thiophene rings is 1. The van der Waals surface area contributed by atoms with Gasteiger partial charge in [-0.3, -0.25) is 14.4 Å². The summed E-state index contributed by atoms with van der Waals surface area (Å²) in [5.74, 6) is -1.01. The molecule has 4 rings (SSSR count). The number of benzene rings is 2. The summed E-state index contributed by atoms with van der Waals surface area (Å²) in [6.07, 6.45) is 0.709. The third-order valence-corrected chi connectivity index (χ3v) is 6.55. The summed E-state index contributed by atoms with van der Waals surface area (Å²) in [6, 6.07) is 13.3. The number of hydrogen-bond donors (Lipinski definition) is 0. The highest BCUT2D eigenvalue weighted by Crippen LogP contribution is 2.41. The molecule has 28 heavy (non-hydrogen) atoms. The third kappa shape index (κ3) is 2.79. The molecular weight excluding hydrogens is 394 g/mol. The number of amides is 2. The van der Waals surface area contributed by atoms with E-state index in [4.69, 9.17) is 11.6 Å². The van der Waals surface area contributed by atoms with E-state index in [2.05, 4.69) is 0 Å². The molecule has 2 amide bonds. The fourth-order valence-electron chi connectivity index (χ4n) is 3.43. The van der Waals surface area contributed by atoms with Crippen LogP contribution < -0.4 is 4.90 Å². The molecule has 0 radical (unpaired) electrons. The van der Waals surface area contributed by atoms with Crippen LogP contribution in [0.15, 0.2) is 48.5 Å². The average Bonchev–Trinajstić information content (AvgIpc) is 3.16. The normalized spacial score (nSPS) is 13.2. The standard InChI is InChI=1S/C22H16ClNO3S/c1-3-17-12(2)18(19(25)13-8-10-14(23)11-9-13)22(28-17)24-20(26)15-6-4-5-7-16(15)21(24)27/h4-11H,3H2,1-2H3. The van der Waals surface area contributed by atoms with Crippen LogP contribution in [-0.2, 0) is 6.42 Å². The molecule has 140 valence electrons. The summed E-state index contributed by atoms with van der Waals surface area (Å²) >= 11 is 7.26. The lowest BCUT2D eigenvalue weighted by Gasteiger charge is -2.14. The van der Waals surface area contributed by atoms with Crippen LogP contribution in [0.25, 0.3) is 0 Å². The smallest absolute Gasteiger partial charge is 0.266 e. The lowest BCUT2D eigenvalue weighted by Crippen LogP contribution is -2.30. The number of hydrogen-bond acceptors (Lipinski definition) is 4. The highest BCUT2D eigenvalue weighted by molar-refractivity contribution is 7.17. The molecule has 0 spiro atoms. The highest BCUT2D eigenvalue weighted by atomic mass is 35.5. The maximum Gasteiger partial charge on any atom is 0.266 e. The van der Waals surface area contributed by atoms with Crippen molar-refractivity contribution in [2.45, 2.75) is 20.3 Å². The van der Waals surface area contributed by atoms with Gasteiger partial charge in [0.25, 0.3) is 11.8 Å². The van der Waals surface area contributed by atoms with Gasteiger partial charge in [-0.1, -0.05) is 30.7 Å². The Balaban J connectivity index is 1.87. The van der Waals surface area contributed by atoms with E-state index < -0.39 is 11.8 Å². The molecule has 1 aliphatic rings. The Labute approximate surface area is 171 Å². The SMILES string of the molecule is CCc1sc(N2C(=O)c3ccccc3C2=O)c(C(=O)c2ccc(Cl)cc2)c1C. The van der Waals surface area contributed by atoms with Gasteiger partial charge < -0.3 is 0 Å². The van der Waals surface area contributed by atoms with Crippen molar-refractivity contribution in [1.29, 1.82) is 0 Å². The van der Waals surface area contributed by atoms with Gasteiger partial charge in [0.05, 0.1) is 16.7 Å². The van der Waals surface area contributed by atoms with Gasteiger partial charge >= 0.3 is 0 Å². The number of carbonyl (C=O) groups excluding carboxylic acids is 3. The van der Waals surface area contributed by atoms with E-state index >= 15 is 0 Å². The van der Waals surface area contributed by atoms with Gasteiger partial charge in [0.2, 0.25) is 0 Å². The van der Waals surface area contributed by atoms with Crippen molar-refractivity contribution in [1.82, 2.24) is 0 Å². The summed E-state index contributed by atoms with van der Waals surface area (Å²) < 4.78 is 0. The van der Waals surface area contributed by atoms with Crippen LogP contribution >= 0.6 is 22.9 Å². The minimum Gasteiger partial charge on any atom is -0.288 e. The van der Waals surface area contributed by atoms with Gasteiger partial charge in [0, 0.05) is 15.5 Å². The molecule has 0 N–H and O–H groups in total. The molecule has 6 heteroatoms. The van der Waals surface area contributed by atoms with E-state index in [0.717, 1.165) is 15.3 Å². The average molecular weight is 410 g/mol. The van der Waals surface area contributed by atoms with Gasteiger partial charge in [-0.2, -0.15) is 0 Å². The zero-order chi connectivity index (χ0) is 20.0. The second-order valence-corrected chi connectivity index (χ2v) is 8.03. The molecule has 0 bridgehead atoms. The first-order valence-corrected chi connectivity index (χ1v) is 10.0. The fourth-order valence-corrected chi connectivity index (χ4v) is 4.79. The van der Waals surface area contributed by atoms with Gasteiger partial charge in [-0.25, -0.2) is 4.90 Å². The lowest BCUT2D eigenvalue weighted by atomic mass is 10.00. The Hall–Kier alpha value is -2.76. The fraction of sp³-hybridized carbons (Fsp3) is 0.136. The zero-order valence-electron chi connectivity index (χ0n) is 15.3. The predicted octanol–water partition coefficient (Wildman–Crippen LogP) is 5.30. The minimum absolute atomic E-state index is 0.225. The summed E-state index contributed by atoms with van der Waals surface area (Å²) in [7, 11) is 0. The number of nitrogens with zero attached hydrogens (tertiary/aromatic N) is 1. The van der Waals surface area contributed by atoms with Crippen LogP contribution in [0.5, 0.6) is 0 Å². The molecule has 0 saturated heterocycles. The number of imide groups is 1. The number of halogens is 1. The molecule has 0 saturated carbocycles. The maximum atomic E-state index is 13.3. The van der Waals surface area contributed by atoms with Crippen molar-refractivity contribution in [2.24, 2.45) is 0 Å². The van der Waals surface area contributed by atoms with Crippen LogP contribution in [0.4, 0.5) is 5.00 Å². The van der Waals surface area contributed by atoms with E-state index in [9.17, 15) is 14.4 Å². The molecule has 2 aromatic carbocycles. The Bertz CT molecular complexity index is 1100. The van der Waals surface area contributed by atoms with E-state index in [1.165, 1.54) is 11.3 Å². The first-order chi connectivity index (χ1) is 13.4. The first-order valence-electron chi connectivity index (χ1n) is 8.84. The maximum absolute atomic E-state index is 13.3. The van der Waals surface area contributed by atoms with Gasteiger partial charge in [0.15, 0.2) is 5.78 Å². The van der Waals surface area contributed by atoms with Crippen molar-refractivity contribution >= 4 is 45.5 Å². The highest BCUT2D eigenvalue weighted by Gasteiger charge is 2.40. The van der Waals surface area contributed by atoms with Crippen LogP contribution in [0.3, 0.4) is 0 Å². The van der Waals surface area contributed by atoms with Crippen molar-refractivity contribution in [3.05, 3.63) is 86.2 Å². The number of anilines is 1. The van der Waals surface area contributed by atoms with Crippen LogP contribution in [-0.4, -0.2) is 17.6 Å². The molecule has 3 aromatic rings. The largest absolute Gasteiger partial charge is 0.288 e. The topological polar surface area (TPSA) is 54.5 Å². The second-order valence-electron chi connectivity index (χ2n) is 6.51.